The quantitative estimate of drug-likeness (QED) is 0.574. The number of carbonyl (C=O) groups is 1. The van der Waals surface area contributed by atoms with Crippen LogP contribution in [0.5, 0.6) is 0 Å². The minimum atomic E-state index is -0.579. The van der Waals surface area contributed by atoms with Crippen LogP contribution in [0.1, 0.15) is 23.0 Å². The van der Waals surface area contributed by atoms with Crippen molar-refractivity contribution in [2.75, 3.05) is 5.73 Å². The van der Waals surface area contributed by atoms with Gasteiger partial charge >= 0.3 is 0 Å². The van der Waals surface area contributed by atoms with Crippen molar-refractivity contribution in [3.8, 4) is 11.1 Å². The summed E-state index contributed by atoms with van der Waals surface area (Å²) in [5.74, 6) is -0.104. The van der Waals surface area contributed by atoms with E-state index in [-0.39, 0.29) is 5.78 Å². The fourth-order valence-electron chi connectivity index (χ4n) is 2.81. The molecule has 1 heterocycles. The van der Waals surface area contributed by atoms with E-state index < -0.39 is 6.04 Å². The number of nitrogens with two attached hydrogens (primary N) is 2. The first-order valence-electron chi connectivity index (χ1n) is 7.54. The monoisotopic (exact) mass is 305 g/mol. The first-order chi connectivity index (χ1) is 11.0. The molecule has 0 aliphatic rings. The van der Waals surface area contributed by atoms with Crippen LogP contribution in [0, 0.1) is 6.92 Å². The van der Waals surface area contributed by atoms with Gasteiger partial charge in [-0.1, -0.05) is 30.3 Å². The fraction of sp³-hybridized carbons (Fsp3) is 0.158. The third kappa shape index (κ3) is 2.69. The van der Waals surface area contributed by atoms with Gasteiger partial charge in [-0.25, -0.2) is 0 Å². The Hall–Kier alpha value is -2.72. The molecule has 4 nitrogen and oxygen atoms in total. The molecule has 0 spiro atoms. The molecule has 3 aromatic rings. The van der Waals surface area contributed by atoms with E-state index in [9.17, 15) is 4.79 Å². The zero-order valence-electron chi connectivity index (χ0n) is 13.2. The van der Waals surface area contributed by atoms with Crippen LogP contribution in [0.25, 0.3) is 22.0 Å². The van der Waals surface area contributed by atoms with Gasteiger partial charge in [-0.15, -0.1) is 0 Å². The maximum absolute atomic E-state index is 12.7. The van der Waals surface area contributed by atoms with Crippen molar-refractivity contribution in [1.82, 2.24) is 4.98 Å². The van der Waals surface area contributed by atoms with Crippen LogP contribution in [-0.2, 0) is 0 Å². The second kappa shape index (κ2) is 5.82. The molecule has 1 unspecified atom stereocenters. The molecule has 23 heavy (non-hydrogen) atoms. The normalized spacial score (nSPS) is 12.3. The van der Waals surface area contributed by atoms with E-state index in [2.05, 4.69) is 4.98 Å². The van der Waals surface area contributed by atoms with Gasteiger partial charge in [0.2, 0.25) is 0 Å². The Labute approximate surface area is 135 Å². The number of hydrogen-bond donors (Lipinski definition) is 2. The molecule has 1 aromatic heterocycles. The summed E-state index contributed by atoms with van der Waals surface area (Å²) in [6.07, 6.45) is 0. The zero-order chi connectivity index (χ0) is 16.6. The van der Waals surface area contributed by atoms with Crippen LogP contribution >= 0.6 is 0 Å². The molecule has 0 saturated heterocycles. The number of nitrogens with zero attached hydrogens (tertiary/aromatic N) is 1. The lowest BCUT2D eigenvalue weighted by Gasteiger charge is -2.16. The average Bonchev–Trinajstić information content (AvgIpc) is 2.53. The van der Waals surface area contributed by atoms with Crippen molar-refractivity contribution >= 4 is 22.4 Å². The Morgan fingerprint density at radius 3 is 2.39 bits per heavy atom. The van der Waals surface area contributed by atoms with E-state index in [0.29, 0.717) is 16.9 Å². The lowest BCUT2D eigenvalue weighted by atomic mass is 9.90. The van der Waals surface area contributed by atoms with E-state index in [1.54, 1.807) is 6.92 Å². The number of anilines is 1. The highest BCUT2D eigenvalue weighted by atomic mass is 16.1. The van der Waals surface area contributed by atoms with Crippen LogP contribution in [0.3, 0.4) is 0 Å². The molecule has 0 fully saturated rings. The predicted molar refractivity (Wildman–Crippen MR) is 94.3 cm³/mol. The molecular weight excluding hydrogens is 286 g/mol. The number of pyridine rings is 1. The molecule has 0 aliphatic heterocycles. The number of para-hydroxylation sites is 1. The third-order valence-electron chi connectivity index (χ3n) is 3.93. The summed E-state index contributed by atoms with van der Waals surface area (Å²) in [4.78, 5) is 17.3. The van der Waals surface area contributed by atoms with Gasteiger partial charge in [-0.05, 0) is 37.6 Å². The number of rotatable bonds is 3. The van der Waals surface area contributed by atoms with Gasteiger partial charge in [0.1, 0.15) is 0 Å². The SMILES string of the molecule is Cc1nc2ccccc2c(-c2ccc(N)cc2)c1C(=O)C(C)N. The Morgan fingerprint density at radius 2 is 1.74 bits per heavy atom. The summed E-state index contributed by atoms with van der Waals surface area (Å²) in [5, 5.41) is 0.937. The smallest absolute Gasteiger partial charge is 0.181 e. The molecule has 0 aliphatic carbocycles. The van der Waals surface area contributed by atoms with Gasteiger partial charge in [0.25, 0.3) is 0 Å². The second-order valence-corrected chi connectivity index (χ2v) is 5.74. The van der Waals surface area contributed by atoms with Crippen molar-refractivity contribution in [3.05, 3.63) is 59.8 Å². The van der Waals surface area contributed by atoms with Crippen LogP contribution in [0.4, 0.5) is 5.69 Å². The molecule has 1 atom stereocenters. The number of ketones is 1. The number of Topliss-reactive ketones (excluding diaryl/α,β-unsaturated/α-hetero) is 1. The Kier molecular flexibility index (Phi) is 3.84. The predicted octanol–water partition coefficient (Wildman–Crippen LogP) is 3.32. The number of nitrogen functional groups attached to an aromatic ring is 1. The van der Waals surface area contributed by atoms with E-state index in [0.717, 1.165) is 22.0 Å². The standard InChI is InChI=1S/C19H19N3O/c1-11(20)19(23)17-12(2)22-16-6-4-3-5-15(16)18(17)13-7-9-14(21)10-8-13/h3-11H,20-21H2,1-2H3. The summed E-state index contributed by atoms with van der Waals surface area (Å²) in [6.45, 7) is 3.55. The molecule has 0 amide bonds. The Balaban J connectivity index is 2.41. The van der Waals surface area contributed by atoms with Gasteiger partial charge in [0.15, 0.2) is 5.78 Å². The zero-order valence-corrected chi connectivity index (χ0v) is 13.2. The number of aromatic nitrogens is 1. The second-order valence-electron chi connectivity index (χ2n) is 5.74. The van der Waals surface area contributed by atoms with Crippen molar-refractivity contribution < 1.29 is 4.79 Å². The Morgan fingerprint density at radius 1 is 1.09 bits per heavy atom. The first-order valence-corrected chi connectivity index (χ1v) is 7.54. The molecule has 3 rings (SSSR count). The molecular formula is C19H19N3O. The fourth-order valence-corrected chi connectivity index (χ4v) is 2.81. The molecule has 2 aromatic carbocycles. The van der Waals surface area contributed by atoms with E-state index >= 15 is 0 Å². The topological polar surface area (TPSA) is 82.0 Å². The molecule has 4 N–H and O–H groups in total. The van der Waals surface area contributed by atoms with E-state index in [1.165, 1.54) is 0 Å². The molecule has 0 bridgehead atoms. The van der Waals surface area contributed by atoms with Crippen LogP contribution in [-0.4, -0.2) is 16.8 Å². The van der Waals surface area contributed by atoms with Gasteiger partial charge < -0.3 is 11.5 Å². The van der Waals surface area contributed by atoms with Crippen molar-refractivity contribution in [3.63, 3.8) is 0 Å². The van der Waals surface area contributed by atoms with Crippen LogP contribution < -0.4 is 11.5 Å². The average molecular weight is 305 g/mol. The van der Waals surface area contributed by atoms with Gasteiger partial charge in [-0.2, -0.15) is 0 Å². The summed E-state index contributed by atoms with van der Waals surface area (Å²) in [6, 6.07) is 14.7. The third-order valence-corrected chi connectivity index (χ3v) is 3.93. The number of fused-ring (bicyclic) bond motifs is 1. The maximum atomic E-state index is 12.7. The largest absolute Gasteiger partial charge is 0.399 e. The lowest BCUT2D eigenvalue weighted by Crippen LogP contribution is -2.28. The minimum Gasteiger partial charge on any atom is -0.399 e. The minimum absolute atomic E-state index is 0.104. The highest BCUT2D eigenvalue weighted by Gasteiger charge is 2.22. The molecule has 0 radical (unpaired) electrons. The summed E-state index contributed by atoms with van der Waals surface area (Å²) >= 11 is 0. The van der Waals surface area contributed by atoms with Gasteiger partial charge in [-0.3, -0.25) is 9.78 Å². The highest BCUT2D eigenvalue weighted by molar-refractivity contribution is 6.12. The summed E-state index contributed by atoms with van der Waals surface area (Å²) in [7, 11) is 0. The summed E-state index contributed by atoms with van der Waals surface area (Å²) < 4.78 is 0. The Bertz CT molecular complexity index is 883. The number of aryl methyl sites for hydroxylation is 1. The summed E-state index contributed by atoms with van der Waals surface area (Å²) in [5.41, 5.74) is 16.3. The number of benzene rings is 2. The number of hydrogen-bond acceptors (Lipinski definition) is 4. The van der Waals surface area contributed by atoms with E-state index in [1.807, 2.05) is 55.5 Å². The van der Waals surface area contributed by atoms with E-state index in [4.69, 9.17) is 11.5 Å². The van der Waals surface area contributed by atoms with Crippen LogP contribution in [0.2, 0.25) is 0 Å². The van der Waals surface area contributed by atoms with Gasteiger partial charge in [0.05, 0.1) is 11.6 Å². The molecule has 4 heteroatoms. The van der Waals surface area contributed by atoms with Crippen molar-refractivity contribution in [1.29, 1.82) is 0 Å². The maximum Gasteiger partial charge on any atom is 0.181 e. The highest BCUT2D eigenvalue weighted by Crippen LogP contribution is 2.34. The van der Waals surface area contributed by atoms with Crippen molar-refractivity contribution in [2.45, 2.75) is 19.9 Å². The van der Waals surface area contributed by atoms with Crippen molar-refractivity contribution in [2.24, 2.45) is 5.73 Å². The molecule has 0 saturated carbocycles. The molecule has 116 valence electrons. The first kappa shape index (κ1) is 15.2. The lowest BCUT2D eigenvalue weighted by molar-refractivity contribution is 0.0967. The van der Waals surface area contributed by atoms with Gasteiger partial charge in [0, 0.05) is 27.9 Å². The number of carbonyl (C=O) groups excluding carboxylic acids is 1. The van der Waals surface area contributed by atoms with Crippen LogP contribution in [0.15, 0.2) is 48.5 Å².